The van der Waals surface area contributed by atoms with E-state index in [4.69, 9.17) is 0 Å². The lowest BCUT2D eigenvalue weighted by Gasteiger charge is -2.72. The summed E-state index contributed by atoms with van der Waals surface area (Å²) in [6, 6.07) is 0. The van der Waals surface area contributed by atoms with Gasteiger partial charge in [0.1, 0.15) is 11.6 Å². The van der Waals surface area contributed by atoms with Crippen molar-refractivity contribution in [2.75, 3.05) is 0 Å². The molecule has 0 saturated heterocycles. The topological polar surface area (TPSA) is 34.1 Å². The minimum Gasteiger partial charge on any atom is -0.299 e. The van der Waals surface area contributed by atoms with E-state index in [1.807, 2.05) is 0 Å². The van der Waals surface area contributed by atoms with Crippen molar-refractivity contribution in [3.8, 4) is 0 Å². The van der Waals surface area contributed by atoms with Crippen molar-refractivity contribution < 1.29 is 9.59 Å². The molecule has 9 unspecified atom stereocenters. The second-order valence-electron chi connectivity index (χ2n) is 14.3. The van der Waals surface area contributed by atoms with Gasteiger partial charge in [0.25, 0.3) is 0 Å². The molecule has 0 amide bonds. The molecule has 5 rings (SSSR count). The first-order chi connectivity index (χ1) is 14.7. The average molecular weight is 439 g/mol. The van der Waals surface area contributed by atoms with Gasteiger partial charge < -0.3 is 0 Å². The zero-order valence-electron chi connectivity index (χ0n) is 21.8. The molecule has 0 aromatic rings. The Labute approximate surface area is 196 Å². The van der Waals surface area contributed by atoms with Crippen LogP contribution in [0.4, 0.5) is 0 Å². The monoisotopic (exact) mass is 438 g/mol. The first-order valence-corrected chi connectivity index (χ1v) is 13.5. The Hall–Kier alpha value is -0.920. The van der Waals surface area contributed by atoms with Gasteiger partial charge in [-0.05, 0) is 90.8 Å². The minimum absolute atomic E-state index is 0.0582. The van der Waals surface area contributed by atoms with Crippen LogP contribution in [0.1, 0.15) is 106 Å². The lowest BCUT2D eigenvalue weighted by Crippen LogP contribution is -2.68. The summed E-state index contributed by atoms with van der Waals surface area (Å²) in [5, 5.41) is 0. The van der Waals surface area contributed by atoms with Crippen LogP contribution in [0.3, 0.4) is 0 Å². The molecule has 0 aromatic carbocycles. The molecule has 5 aliphatic carbocycles. The third-order valence-corrected chi connectivity index (χ3v) is 13.2. The first kappa shape index (κ1) is 22.9. The van der Waals surface area contributed by atoms with Gasteiger partial charge in [-0.1, -0.05) is 60.6 Å². The van der Waals surface area contributed by atoms with E-state index in [1.165, 1.54) is 24.8 Å². The van der Waals surface area contributed by atoms with E-state index in [0.717, 1.165) is 38.5 Å². The molecule has 0 aliphatic heterocycles. The summed E-state index contributed by atoms with van der Waals surface area (Å²) in [5.41, 5.74) is 1.46. The molecule has 32 heavy (non-hydrogen) atoms. The van der Waals surface area contributed by atoms with Gasteiger partial charge in [-0.15, -0.1) is 0 Å². The van der Waals surface area contributed by atoms with E-state index in [1.54, 1.807) is 0 Å². The molecule has 9 atom stereocenters. The third kappa shape index (κ3) is 2.48. The molecule has 178 valence electrons. The zero-order chi connectivity index (χ0) is 23.5. The lowest BCUT2D eigenvalue weighted by atomic mass is 9.31. The van der Waals surface area contributed by atoms with Gasteiger partial charge in [0.05, 0.1) is 0 Å². The molecule has 0 bridgehead atoms. The molecule has 0 heterocycles. The molecule has 5 saturated carbocycles. The fourth-order valence-electron chi connectivity index (χ4n) is 11.0. The van der Waals surface area contributed by atoms with Gasteiger partial charge in [-0.2, -0.15) is 0 Å². The number of fused-ring (bicyclic) bond motifs is 7. The second kappa shape index (κ2) is 6.60. The number of ketones is 2. The van der Waals surface area contributed by atoms with E-state index in [0.29, 0.717) is 41.2 Å². The van der Waals surface area contributed by atoms with E-state index >= 15 is 0 Å². The molecule has 0 spiro atoms. The van der Waals surface area contributed by atoms with Crippen molar-refractivity contribution in [1.82, 2.24) is 0 Å². The van der Waals surface area contributed by atoms with E-state index in [9.17, 15) is 9.59 Å². The van der Waals surface area contributed by atoms with Crippen LogP contribution in [0.5, 0.6) is 0 Å². The predicted molar refractivity (Wildman–Crippen MR) is 130 cm³/mol. The van der Waals surface area contributed by atoms with E-state index < -0.39 is 0 Å². The molecule has 0 radical (unpaired) electrons. The van der Waals surface area contributed by atoms with Crippen molar-refractivity contribution in [2.45, 2.75) is 106 Å². The van der Waals surface area contributed by atoms with Crippen molar-refractivity contribution in [1.29, 1.82) is 0 Å². The number of hydrogen-bond donors (Lipinski definition) is 0. The van der Waals surface area contributed by atoms with Gasteiger partial charge in [0.2, 0.25) is 0 Å². The Kier molecular flexibility index (Phi) is 4.71. The van der Waals surface area contributed by atoms with Gasteiger partial charge in [-0.25, -0.2) is 0 Å². The Bertz CT molecular complexity index is 883. The molecular formula is C30H46O2. The Balaban J connectivity index is 1.59. The van der Waals surface area contributed by atoms with Gasteiger partial charge in [-0.3, -0.25) is 9.59 Å². The maximum absolute atomic E-state index is 13.9. The number of rotatable bonds is 0. The fraction of sp³-hybridized carbons (Fsp3) is 0.867. The molecular weight excluding hydrogens is 392 g/mol. The number of Topliss-reactive ketones (excluding diaryl/α,β-unsaturated/α-hetero) is 2. The van der Waals surface area contributed by atoms with Crippen molar-refractivity contribution in [3.05, 3.63) is 12.2 Å². The standard InChI is InChI=1S/C30H46O2/c1-18-11-14-28(6)24(32)17-30(8)20(25(28)19(18)2)9-10-22-27(5)15-13-23(31)26(3,4)21(27)12-16-29(22,30)7/h19-22,25H,1,9-17H2,2-8H3. The van der Waals surface area contributed by atoms with Crippen LogP contribution in [-0.2, 0) is 9.59 Å². The predicted octanol–water partition coefficient (Wildman–Crippen LogP) is 7.41. The lowest BCUT2D eigenvalue weighted by molar-refractivity contribution is -0.233. The Morgan fingerprint density at radius 3 is 2.16 bits per heavy atom. The molecule has 5 fully saturated rings. The van der Waals surface area contributed by atoms with Crippen LogP contribution >= 0.6 is 0 Å². The summed E-state index contributed by atoms with van der Waals surface area (Å²) in [4.78, 5) is 26.8. The molecule has 5 aliphatic rings. The number of carbonyl (C=O) groups is 2. The summed E-state index contributed by atoms with van der Waals surface area (Å²) in [5.74, 6) is 3.60. The van der Waals surface area contributed by atoms with Gasteiger partial charge >= 0.3 is 0 Å². The summed E-state index contributed by atoms with van der Waals surface area (Å²) in [6.45, 7) is 21.1. The SMILES string of the molecule is C=C1CCC2(C)C(=O)CC3(C)C(CCC4C5(C)CCC(=O)C(C)(C)C5CCC43C)C2C1C. The van der Waals surface area contributed by atoms with E-state index in [2.05, 4.69) is 55.0 Å². The highest BCUT2D eigenvalue weighted by atomic mass is 16.1. The van der Waals surface area contributed by atoms with Crippen LogP contribution < -0.4 is 0 Å². The minimum atomic E-state index is -0.206. The zero-order valence-corrected chi connectivity index (χ0v) is 21.8. The summed E-state index contributed by atoms with van der Waals surface area (Å²) in [7, 11) is 0. The normalized spacial score (nSPS) is 54.8. The highest BCUT2D eigenvalue weighted by Crippen LogP contribution is 2.76. The Morgan fingerprint density at radius 2 is 1.47 bits per heavy atom. The molecule has 0 aromatic heterocycles. The number of allylic oxidation sites excluding steroid dienone is 1. The van der Waals surface area contributed by atoms with Gasteiger partial charge in [0.15, 0.2) is 0 Å². The first-order valence-electron chi connectivity index (χ1n) is 13.5. The van der Waals surface area contributed by atoms with E-state index in [-0.39, 0.29) is 27.1 Å². The summed E-state index contributed by atoms with van der Waals surface area (Å²) in [6.07, 6.45) is 9.41. The third-order valence-electron chi connectivity index (χ3n) is 13.2. The summed E-state index contributed by atoms with van der Waals surface area (Å²) >= 11 is 0. The van der Waals surface area contributed by atoms with Crippen LogP contribution in [0.2, 0.25) is 0 Å². The van der Waals surface area contributed by atoms with Gasteiger partial charge in [0, 0.05) is 23.7 Å². The largest absolute Gasteiger partial charge is 0.299 e. The number of carbonyl (C=O) groups excluding carboxylic acids is 2. The van der Waals surface area contributed by atoms with Crippen molar-refractivity contribution in [2.24, 2.45) is 56.7 Å². The number of hydrogen-bond acceptors (Lipinski definition) is 2. The van der Waals surface area contributed by atoms with Crippen molar-refractivity contribution in [3.63, 3.8) is 0 Å². The summed E-state index contributed by atoms with van der Waals surface area (Å²) < 4.78 is 0. The van der Waals surface area contributed by atoms with Crippen molar-refractivity contribution >= 4 is 11.6 Å². The average Bonchev–Trinajstić information content (AvgIpc) is 2.70. The molecule has 2 heteroatoms. The quantitative estimate of drug-likeness (QED) is 0.369. The van der Waals surface area contributed by atoms with Crippen LogP contribution in [0, 0.1) is 56.7 Å². The highest BCUT2D eigenvalue weighted by molar-refractivity contribution is 5.87. The van der Waals surface area contributed by atoms with Crippen LogP contribution in [-0.4, -0.2) is 11.6 Å². The van der Waals surface area contributed by atoms with Crippen LogP contribution in [0.15, 0.2) is 12.2 Å². The second-order valence-corrected chi connectivity index (χ2v) is 14.3. The molecule has 0 N–H and O–H groups in total. The smallest absolute Gasteiger partial charge is 0.139 e. The maximum atomic E-state index is 13.9. The fourth-order valence-corrected chi connectivity index (χ4v) is 11.0. The maximum Gasteiger partial charge on any atom is 0.139 e. The Morgan fingerprint density at radius 1 is 0.781 bits per heavy atom. The van der Waals surface area contributed by atoms with Crippen LogP contribution in [0.25, 0.3) is 0 Å². The highest BCUT2D eigenvalue weighted by Gasteiger charge is 2.71. The molecule has 2 nitrogen and oxygen atoms in total.